The van der Waals surface area contributed by atoms with E-state index in [1.165, 1.54) is 28.8 Å². The first-order valence-corrected chi connectivity index (χ1v) is 9.51. The van der Waals surface area contributed by atoms with Crippen LogP contribution < -0.4 is 10.2 Å². The Morgan fingerprint density at radius 3 is 2.41 bits per heavy atom. The fourth-order valence-electron chi connectivity index (χ4n) is 3.78. The van der Waals surface area contributed by atoms with Gasteiger partial charge in [-0.3, -0.25) is 4.79 Å². The summed E-state index contributed by atoms with van der Waals surface area (Å²) in [6.45, 7) is 11.4. The molecule has 0 aliphatic carbocycles. The first kappa shape index (κ1) is 17.6. The third-order valence-corrected chi connectivity index (χ3v) is 5.71. The van der Waals surface area contributed by atoms with Crippen molar-refractivity contribution < 1.29 is 4.79 Å². The number of hydrogen-bond donors (Lipinski definition) is 1. The number of fused-ring (bicyclic) bond motifs is 1. The second-order valence-corrected chi connectivity index (χ2v) is 7.53. The number of aryl methyl sites for hydroxylation is 4. The quantitative estimate of drug-likeness (QED) is 0.691. The Hall–Kier alpha value is -2.82. The second-order valence-electron chi connectivity index (χ2n) is 7.53. The lowest BCUT2D eigenvalue weighted by Gasteiger charge is -2.34. The average Bonchev–Trinajstić information content (AvgIpc) is 2.87. The summed E-state index contributed by atoms with van der Waals surface area (Å²) < 4.78 is 1.99. The van der Waals surface area contributed by atoms with Crippen molar-refractivity contribution in [2.45, 2.75) is 40.7 Å². The Labute approximate surface area is 160 Å². The first-order valence-electron chi connectivity index (χ1n) is 9.51. The number of nitrogens with zero attached hydrogens (tertiary/aromatic N) is 3. The molecule has 1 N–H and O–H groups in total. The number of aromatic nitrogens is 2. The van der Waals surface area contributed by atoms with Crippen LogP contribution in [-0.4, -0.2) is 28.8 Å². The molecule has 0 bridgehead atoms. The predicted octanol–water partition coefficient (Wildman–Crippen LogP) is 4.20. The van der Waals surface area contributed by atoms with E-state index in [4.69, 9.17) is 0 Å². The zero-order valence-electron chi connectivity index (χ0n) is 16.5. The molecule has 1 aliphatic rings. The molecule has 27 heavy (non-hydrogen) atoms. The molecule has 2 aromatic heterocycles. The molecule has 4 rings (SSSR count). The molecule has 3 heterocycles. The number of aldehydes is 1. The number of carbonyl (C=O) groups is 1. The van der Waals surface area contributed by atoms with Gasteiger partial charge in [-0.1, -0.05) is 0 Å². The van der Waals surface area contributed by atoms with E-state index in [-0.39, 0.29) is 0 Å². The number of anilines is 2. The van der Waals surface area contributed by atoms with Crippen molar-refractivity contribution in [1.82, 2.24) is 9.38 Å². The van der Waals surface area contributed by atoms with Crippen LogP contribution in [0.15, 0.2) is 24.4 Å². The van der Waals surface area contributed by atoms with Crippen LogP contribution in [0.3, 0.4) is 0 Å². The highest BCUT2D eigenvalue weighted by atomic mass is 16.1. The predicted molar refractivity (Wildman–Crippen MR) is 110 cm³/mol. The minimum absolute atomic E-state index is 0.645. The largest absolute Gasteiger partial charge is 0.378 e. The summed E-state index contributed by atoms with van der Waals surface area (Å²) in [5, 5.41) is 3.52. The maximum Gasteiger partial charge on any atom is 0.160 e. The molecule has 0 unspecified atom stereocenters. The van der Waals surface area contributed by atoms with Gasteiger partial charge in [-0.2, -0.15) is 0 Å². The van der Waals surface area contributed by atoms with Gasteiger partial charge in [0.15, 0.2) is 11.9 Å². The highest BCUT2D eigenvalue weighted by molar-refractivity contribution is 5.81. The Morgan fingerprint density at radius 2 is 1.81 bits per heavy atom. The van der Waals surface area contributed by atoms with Gasteiger partial charge < -0.3 is 14.6 Å². The van der Waals surface area contributed by atoms with Crippen molar-refractivity contribution in [2.24, 2.45) is 0 Å². The highest BCUT2D eigenvalue weighted by Gasteiger charge is 2.17. The summed E-state index contributed by atoms with van der Waals surface area (Å²) in [4.78, 5) is 18.5. The molecule has 0 atom stereocenters. The van der Waals surface area contributed by atoms with Crippen LogP contribution in [-0.2, 0) is 6.54 Å². The van der Waals surface area contributed by atoms with Gasteiger partial charge in [0, 0.05) is 42.8 Å². The van der Waals surface area contributed by atoms with Gasteiger partial charge in [-0.05, 0) is 69.0 Å². The molecule has 3 aromatic rings. The van der Waals surface area contributed by atoms with E-state index < -0.39 is 0 Å². The van der Waals surface area contributed by atoms with Crippen molar-refractivity contribution in [2.75, 3.05) is 23.3 Å². The van der Waals surface area contributed by atoms with Gasteiger partial charge >= 0.3 is 0 Å². The molecular weight excluding hydrogens is 336 g/mol. The summed E-state index contributed by atoms with van der Waals surface area (Å²) >= 11 is 0. The lowest BCUT2D eigenvalue weighted by Crippen LogP contribution is -2.37. The highest BCUT2D eigenvalue weighted by Crippen LogP contribution is 2.28. The van der Waals surface area contributed by atoms with Gasteiger partial charge in [-0.15, -0.1) is 0 Å². The Kier molecular flexibility index (Phi) is 4.38. The fraction of sp³-hybridized carbons (Fsp3) is 0.364. The monoisotopic (exact) mass is 362 g/mol. The second kappa shape index (κ2) is 6.72. The number of nitrogens with one attached hydrogen (secondary N) is 1. The summed E-state index contributed by atoms with van der Waals surface area (Å²) in [7, 11) is 0. The van der Waals surface area contributed by atoms with Crippen LogP contribution in [0.4, 0.5) is 11.4 Å². The van der Waals surface area contributed by atoms with E-state index in [1.807, 2.05) is 30.5 Å². The molecule has 5 nitrogen and oxygen atoms in total. The Bertz CT molecular complexity index is 1010. The lowest BCUT2D eigenvalue weighted by atomic mass is 10.00. The van der Waals surface area contributed by atoms with Crippen LogP contribution in [0.5, 0.6) is 0 Å². The van der Waals surface area contributed by atoms with Crippen molar-refractivity contribution in [3.63, 3.8) is 0 Å². The minimum Gasteiger partial charge on any atom is -0.378 e. The van der Waals surface area contributed by atoms with Crippen LogP contribution >= 0.6 is 0 Å². The SMILES string of the molecule is Cc1cc(N2CCC2)cc(C)c1CNc1cc(C=O)cn2c(C)c(C)nc12. The van der Waals surface area contributed by atoms with E-state index in [2.05, 4.69) is 41.2 Å². The van der Waals surface area contributed by atoms with E-state index in [9.17, 15) is 4.79 Å². The number of imidazole rings is 1. The fourth-order valence-corrected chi connectivity index (χ4v) is 3.78. The smallest absolute Gasteiger partial charge is 0.160 e. The third-order valence-electron chi connectivity index (χ3n) is 5.71. The topological polar surface area (TPSA) is 49.6 Å². The molecule has 0 amide bonds. The van der Waals surface area contributed by atoms with Crippen LogP contribution in [0.2, 0.25) is 0 Å². The van der Waals surface area contributed by atoms with E-state index in [0.29, 0.717) is 12.1 Å². The van der Waals surface area contributed by atoms with E-state index in [0.717, 1.165) is 42.1 Å². The van der Waals surface area contributed by atoms with Crippen LogP contribution in [0.25, 0.3) is 5.65 Å². The maximum absolute atomic E-state index is 11.4. The molecular formula is C22H26N4O. The normalized spacial score (nSPS) is 13.7. The average molecular weight is 362 g/mol. The van der Waals surface area contributed by atoms with Gasteiger partial charge in [0.25, 0.3) is 0 Å². The number of hydrogen-bond acceptors (Lipinski definition) is 4. The summed E-state index contributed by atoms with van der Waals surface area (Å²) in [5.74, 6) is 0. The van der Waals surface area contributed by atoms with Gasteiger partial charge in [0.2, 0.25) is 0 Å². The third kappa shape index (κ3) is 3.07. The first-order chi connectivity index (χ1) is 13.0. The molecule has 1 aromatic carbocycles. The molecule has 1 saturated heterocycles. The molecule has 140 valence electrons. The summed E-state index contributed by atoms with van der Waals surface area (Å²) in [6, 6.07) is 6.45. The zero-order valence-corrected chi connectivity index (χ0v) is 16.5. The summed E-state index contributed by atoms with van der Waals surface area (Å²) in [6.07, 6.45) is 4.02. The van der Waals surface area contributed by atoms with Gasteiger partial charge in [0.05, 0.1) is 11.4 Å². The Balaban J connectivity index is 1.65. The van der Waals surface area contributed by atoms with Crippen LogP contribution in [0, 0.1) is 27.7 Å². The number of carbonyl (C=O) groups excluding carboxylic acids is 1. The minimum atomic E-state index is 0.645. The lowest BCUT2D eigenvalue weighted by molar-refractivity contribution is 0.112. The van der Waals surface area contributed by atoms with Crippen molar-refractivity contribution in [3.8, 4) is 0 Å². The van der Waals surface area contributed by atoms with E-state index in [1.54, 1.807) is 0 Å². The van der Waals surface area contributed by atoms with Crippen LogP contribution in [0.1, 0.15) is 44.9 Å². The van der Waals surface area contributed by atoms with Crippen molar-refractivity contribution in [1.29, 1.82) is 0 Å². The molecule has 5 heteroatoms. The maximum atomic E-state index is 11.4. The van der Waals surface area contributed by atoms with Gasteiger partial charge in [0.1, 0.15) is 0 Å². The molecule has 1 aliphatic heterocycles. The zero-order chi connectivity index (χ0) is 19.1. The Morgan fingerprint density at radius 1 is 1.11 bits per heavy atom. The standard InChI is InChI=1S/C22H26N4O/c1-14-8-19(25-6-5-7-25)9-15(2)20(14)11-23-21-10-18(13-27)12-26-17(4)16(3)24-22(21)26/h8-10,12-13,23H,5-7,11H2,1-4H3. The molecule has 0 spiro atoms. The number of benzene rings is 1. The van der Waals surface area contributed by atoms with Crippen molar-refractivity contribution in [3.05, 3.63) is 58.0 Å². The van der Waals surface area contributed by atoms with Gasteiger partial charge in [-0.25, -0.2) is 4.98 Å². The summed E-state index contributed by atoms with van der Waals surface area (Å²) in [5.41, 5.74) is 9.65. The van der Waals surface area contributed by atoms with E-state index >= 15 is 0 Å². The van der Waals surface area contributed by atoms with Crippen molar-refractivity contribution >= 4 is 23.3 Å². The molecule has 0 saturated carbocycles. The number of rotatable bonds is 5. The molecule has 1 fully saturated rings. The molecule has 0 radical (unpaired) electrons. The number of pyridine rings is 1.